The van der Waals surface area contributed by atoms with E-state index in [0.717, 1.165) is 25.7 Å². The molecule has 1 aliphatic carbocycles. The van der Waals surface area contributed by atoms with Gasteiger partial charge in [0.25, 0.3) is 5.69 Å². The molecule has 0 unspecified atom stereocenters. The van der Waals surface area contributed by atoms with Gasteiger partial charge < -0.3 is 9.73 Å². The van der Waals surface area contributed by atoms with Crippen molar-refractivity contribution in [2.45, 2.75) is 38.1 Å². The number of non-ortho nitro benzene ring substituents is 1. The summed E-state index contributed by atoms with van der Waals surface area (Å²) in [5.41, 5.74) is 2.29. The predicted octanol–water partition coefficient (Wildman–Crippen LogP) is 6.29. The lowest BCUT2D eigenvalue weighted by atomic mass is 9.93. The number of hydrogen-bond donors (Lipinski definition) is 1. The molecule has 0 saturated heterocycles. The van der Waals surface area contributed by atoms with E-state index in [1.165, 1.54) is 18.6 Å². The zero-order valence-corrected chi connectivity index (χ0v) is 19.0. The molecule has 176 valence electrons. The van der Waals surface area contributed by atoms with Crippen LogP contribution in [-0.4, -0.2) is 26.7 Å². The number of pyridine rings is 2. The standard InChI is InChI=1S/C27H24N4O4/c32-25(21-10-4-6-16-28-21)24-23(18-12-14-20(15-13-18)31(33)34)27(30-19-8-2-1-3-9-19)35-26(24)22-11-5-7-17-29-22/h4-7,10-17,19,30H,1-3,8-9H2. The van der Waals surface area contributed by atoms with Crippen molar-refractivity contribution in [2.24, 2.45) is 0 Å². The van der Waals surface area contributed by atoms with Gasteiger partial charge in [0.05, 0.1) is 16.1 Å². The summed E-state index contributed by atoms with van der Waals surface area (Å²) >= 11 is 0. The number of nitro benzene ring substituents is 1. The molecule has 4 aromatic rings. The lowest BCUT2D eigenvalue weighted by Gasteiger charge is -2.23. The Kier molecular flexibility index (Phi) is 6.34. The number of rotatable bonds is 7. The summed E-state index contributed by atoms with van der Waals surface area (Å²) in [7, 11) is 0. The first kappa shape index (κ1) is 22.5. The highest BCUT2D eigenvalue weighted by atomic mass is 16.6. The molecule has 35 heavy (non-hydrogen) atoms. The molecule has 1 aliphatic rings. The smallest absolute Gasteiger partial charge is 0.269 e. The number of benzene rings is 1. The summed E-state index contributed by atoms with van der Waals surface area (Å²) in [4.78, 5) is 33.3. The first-order valence-electron chi connectivity index (χ1n) is 11.7. The fourth-order valence-corrected chi connectivity index (χ4v) is 4.51. The van der Waals surface area contributed by atoms with Gasteiger partial charge >= 0.3 is 0 Å². The molecule has 0 atom stereocenters. The van der Waals surface area contributed by atoms with Crippen molar-refractivity contribution in [1.29, 1.82) is 0 Å². The average Bonchev–Trinajstić information content (AvgIpc) is 3.28. The van der Waals surface area contributed by atoms with Gasteiger partial charge in [-0.3, -0.25) is 24.9 Å². The van der Waals surface area contributed by atoms with Crippen LogP contribution in [-0.2, 0) is 0 Å². The Labute approximate surface area is 202 Å². The van der Waals surface area contributed by atoms with Crippen LogP contribution in [0.3, 0.4) is 0 Å². The SMILES string of the molecule is O=C(c1ccccn1)c1c(-c2ccccn2)oc(NC2CCCCC2)c1-c1ccc([N+](=O)[O-])cc1. The lowest BCUT2D eigenvalue weighted by molar-refractivity contribution is -0.384. The number of carbonyl (C=O) groups is 1. The Hall–Kier alpha value is -4.33. The molecule has 3 aromatic heterocycles. The van der Waals surface area contributed by atoms with Crippen LogP contribution >= 0.6 is 0 Å². The first-order valence-corrected chi connectivity index (χ1v) is 11.7. The molecule has 0 spiro atoms. The van der Waals surface area contributed by atoms with Gasteiger partial charge in [0.1, 0.15) is 11.4 Å². The van der Waals surface area contributed by atoms with Crippen molar-refractivity contribution < 1.29 is 14.1 Å². The third-order valence-corrected chi connectivity index (χ3v) is 6.24. The van der Waals surface area contributed by atoms with Crippen molar-refractivity contribution in [1.82, 2.24) is 9.97 Å². The largest absolute Gasteiger partial charge is 0.438 e. The van der Waals surface area contributed by atoms with Crippen molar-refractivity contribution >= 4 is 17.4 Å². The Morgan fingerprint density at radius 3 is 2.29 bits per heavy atom. The minimum atomic E-state index is -0.445. The van der Waals surface area contributed by atoms with E-state index >= 15 is 0 Å². The van der Waals surface area contributed by atoms with E-state index in [1.54, 1.807) is 54.9 Å². The van der Waals surface area contributed by atoms with Gasteiger partial charge in [-0.05, 0) is 54.8 Å². The first-order chi connectivity index (χ1) is 17.1. The van der Waals surface area contributed by atoms with Crippen LogP contribution in [0.4, 0.5) is 11.6 Å². The second-order valence-corrected chi connectivity index (χ2v) is 8.55. The molecule has 3 heterocycles. The topological polar surface area (TPSA) is 111 Å². The second kappa shape index (κ2) is 9.89. The van der Waals surface area contributed by atoms with Crippen LogP contribution in [0.5, 0.6) is 0 Å². The van der Waals surface area contributed by atoms with Crippen LogP contribution < -0.4 is 5.32 Å². The molecule has 0 bridgehead atoms. The average molecular weight is 469 g/mol. The van der Waals surface area contributed by atoms with Crippen LogP contribution in [0.25, 0.3) is 22.6 Å². The van der Waals surface area contributed by atoms with Crippen LogP contribution in [0.15, 0.2) is 77.5 Å². The number of nitro groups is 1. The highest BCUT2D eigenvalue weighted by molar-refractivity contribution is 6.16. The maximum Gasteiger partial charge on any atom is 0.269 e. The summed E-state index contributed by atoms with van der Waals surface area (Å²) in [5, 5.41) is 14.8. The summed E-state index contributed by atoms with van der Waals surface area (Å²) in [6.07, 6.45) is 8.67. The van der Waals surface area contributed by atoms with Gasteiger partial charge in [0.15, 0.2) is 5.76 Å². The van der Waals surface area contributed by atoms with E-state index in [9.17, 15) is 14.9 Å². The predicted molar refractivity (Wildman–Crippen MR) is 132 cm³/mol. The summed E-state index contributed by atoms with van der Waals surface area (Å²) in [6.45, 7) is 0. The minimum absolute atomic E-state index is 0.0263. The molecule has 0 radical (unpaired) electrons. The van der Waals surface area contributed by atoms with Crippen LogP contribution in [0, 0.1) is 10.1 Å². The van der Waals surface area contributed by atoms with Gasteiger partial charge in [-0.1, -0.05) is 31.4 Å². The van der Waals surface area contributed by atoms with Gasteiger partial charge in [-0.25, -0.2) is 0 Å². The lowest BCUT2D eigenvalue weighted by Crippen LogP contribution is -2.22. The number of carbonyl (C=O) groups excluding carboxylic acids is 1. The van der Waals surface area contributed by atoms with Gasteiger partial charge in [-0.15, -0.1) is 0 Å². The van der Waals surface area contributed by atoms with Crippen molar-refractivity contribution in [3.63, 3.8) is 0 Å². The van der Waals surface area contributed by atoms with E-state index in [0.29, 0.717) is 34.0 Å². The molecule has 1 N–H and O–H groups in total. The Morgan fingerprint density at radius 1 is 0.943 bits per heavy atom. The molecule has 1 aromatic carbocycles. The monoisotopic (exact) mass is 468 g/mol. The maximum atomic E-state index is 13.8. The molecular formula is C27H24N4O4. The number of anilines is 1. The molecule has 0 aliphatic heterocycles. The van der Waals surface area contributed by atoms with E-state index in [4.69, 9.17) is 4.42 Å². The van der Waals surface area contributed by atoms with E-state index < -0.39 is 4.92 Å². The zero-order chi connectivity index (χ0) is 24.2. The molecule has 1 saturated carbocycles. The Bertz CT molecular complexity index is 1330. The third kappa shape index (κ3) is 4.68. The minimum Gasteiger partial charge on any atom is -0.438 e. The van der Waals surface area contributed by atoms with Gasteiger partial charge in [-0.2, -0.15) is 0 Å². The molecule has 1 fully saturated rings. The van der Waals surface area contributed by atoms with E-state index in [2.05, 4.69) is 15.3 Å². The Balaban J connectivity index is 1.72. The second-order valence-electron chi connectivity index (χ2n) is 8.55. The highest BCUT2D eigenvalue weighted by Crippen LogP contribution is 2.43. The van der Waals surface area contributed by atoms with Crippen molar-refractivity contribution in [3.8, 4) is 22.6 Å². The number of ketones is 1. The van der Waals surface area contributed by atoms with E-state index in [-0.39, 0.29) is 23.2 Å². The molecule has 8 heteroatoms. The highest BCUT2D eigenvalue weighted by Gasteiger charge is 2.31. The summed E-state index contributed by atoms with van der Waals surface area (Å²) in [5.74, 6) is 0.499. The molecule has 5 rings (SSSR count). The molecular weight excluding hydrogens is 444 g/mol. The number of furan rings is 1. The fraction of sp³-hybridized carbons (Fsp3) is 0.222. The van der Waals surface area contributed by atoms with Gasteiger partial charge in [0, 0.05) is 30.6 Å². The number of nitrogens with one attached hydrogen (secondary N) is 1. The third-order valence-electron chi connectivity index (χ3n) is 6.24. The number of aromatic nitrogens is 2. The Morgan fingerprint density at radius 2 is 1.66 bits per heavy atom. The van der Waals surface area contributed by atoms with Crippen LogP contribution in [0.1, 0.15) is 48.2 Å². The van der Waals surface area contributed by atoms with Gasteiger partial charge in [0.2, 0.25) is 11.7 Å². The summed E-state index contributed by atoms with van der Waals surface area (Å²) in [6, 6.07) is 16.9. The maximum absolute atomic E-state index is 13.8. The number of nitrogens with zero attached hydrogens (tertiary/aromatic N) is 3. The zero-order valence-electron chi connectivity index (χ0n) is 19.0. The normalized spacial score (nSPS) is 13.9. The van der Waals surface area contributed by atoms with Crippen LogP contribution in [0.2, 0.25) is 0 Å². The van der Waals surface area contributed by atoms with E-state index in [1.807, 2.05) is 6.07 Å². The fourth-order valence-electron chi connectivity index (χ4n) is 4.51. The van der Waals surface area contributed by atoms with Crippen molar-refractivity contribution in [2.75, 3.05) is 5.32 Å². The van der Waals surface area contributed by atoms with Crippen molar-refractivity contribution in [3.05, 3.63) is 94.4 Å². The summed E-state index contributed by atoms with van der Waals surface area (Å²) < 4.78 is 6.35. The molecule has 0 amide bonds. The quantitative estimate of drug-likeness (QED) is 0.193. The molecule has 8 nitrogen and oxygen atoms in total. The number of hydrogen-bond acceptors (Lipinski definition) is 7.